The zero-order chi connectivity index (χ0) is 23.7. The summed E-state index contributed by atoms with van der Waals surface area (Å²) in [5, 5.41) is 11.3. The lowest BCUT2D eigenvalue weighted by molar-refractivity contribution is -0.140. The number of aliphatic hydroxyl groups is 1. The van der Waals surface area contributed by atoms with Gasteiger partial charge in [0.2, 0.25) is 6.79 Å². The van der Waals surface area contributed by atoms with Gasteiger partial charge in [-0.25, -0.2) is 0 Å². The first kappa shape index (κ1) is 22.3. The van der Waals surface area contributed by atoms with Gasteiger partial charge in [0.05, 0.1) is 18.7 Å². The van der Waals surface area contributed by atoms with Crippen molar-refractivity contribution in [2.24, 2.45) is 0 Å². The highest BCUT2D eigenvalue weighted by Gasteiger charge is 2.46. The van der Waals surface area contributed by atoms with E-state index in [-0.39, 0.29) is 18.1 Å². The predicted octanol–water partition coefficient (Wildman–Crippen LogP) is 3.33. The van der Waals surface area contributed by atoms with Crippen LogP contribution in [0.4, 0.5) is 0 Å². The van der Waals surface area contributed by atoms with Crippen LogP contribution in [0.3, 0.4) is 0 Å². The number of ketones is 1. The van der Waals surface area contributed by atoms with Gasteiger partial charge in [0.25, 0.3) is 11.7 Å². The Labute approximate surface area is 198 Å². The van der Waals surface area contributed by atoms with Crippen LogP contribution in [0.2, 0.25) is 0 Å². The number of aliphatic hydroxyl groups excluding tert-OH is 1. The molecule has 0 radical (unpaired) electrons. The standard InChI is InChI=1S/C26H28N2O6/c1-32-19-7-5-6-17(14-19)23-22(24(29)18-8-9-20-21(15-18)34-16-33-20)25(30)26(31)28(23)13-12-27-10-3-2-4-11-27/h5-9,14-15,23,29H,2-4,10-13,16H2,1H3/b24-22+. The molecule has 8 heteroatoms. The van der Waals surface area contributed by atoms with Crippen LogP contribution in [0.25, 0.3) is 5.76 Å². The Morgan fingerprint density at radius 1 is 1.03 bits per heavy atom. The van der Waals surface area contributed by atoms with Crippen molar-refractivity contribution in [2.45, 2.75) is 25.3 Å². The maximum atomic E-state index is 13.2. The summed E-state index contributed by atoms with van der Waals surface area (Å²) >= 11 is 0. The largest absolute Gasteiger partial charge is 0.507 e. The van der Waals surface area contributed by atoms with Gasteiger partial charge in [0.15, 0.2) is 11.5 Å². The highest BCUT2D eigenvalue weighted by atomic mass is 16.7. The maximum absolute atomic E-state index is 13.2. The third kappa shape index (κ3) is 4.09. The van der Waals surface area contributed by atoms with E-state index in [1.54, 1.807) is 42.3 Å². The molecular weight excluding hydrogens is 436 g/mol. The van der Waals surface area contributed by atoms with Crippen molar-refractivity contribution < 1.29 is 28.9 Å². The number of nitrogens with zero attached hydrogens (tertiary/aromatic N) is 2. The second kappa shape index (κ2) is 9.38. The van der Waals surface area contributed by atoms with E-state index in [0.29, 0.717) is 41.5 Å². The Morgan fingerprint density at radius 2 is 1.82 bits per heavy atom. The molecule has 3 aliphatic rings. The highest BCUT2D eigenvalue weighted by Crippen LogP contribution is 2.42. The van der Waals surface area contributed by atoms with E-state index in [4.69, 9.17) is 14.2 Å². The lowest BCUT2D eigenvalue weighted by atomic mass is 9.95. The summed E-state index contributed by atoms with van der Waals surface area (Å²) in [5.74, 6) is 0.144. The molecule has 3 heterocycles. The summed E-state index contributed by atoms with van der Waals surface area (Å²) in [7, 11) is 1.57. The number of rotatable bonds is 6. The van der Waals surface area contributed by atoms with Crippen LogP contribution in [-0.2, 0) is 9.59 Å². The van der Waals surface area contributed by atoms with Crippen LogP contribution in [0.5, 0.6) is 17.2 Å². The number of piperidine rings is 1. The fraction of sp³-hybridized carbons (Fsp3) is 0.385. The molecule has 2 fully saturated rings. The molecule has 1 atom stereocenters. The summed E-state index contributed by atoms with van der Waals surface area (Å²) in [6.45, 7) is 3.15. The average Bonchev–Trinajstić information content (AvgIpc) is 3.45. The quantitative estimate of drug-likeness (QED) is 0.399. The van der Waals surface area contributed by atoms with Crippen LogP contribution in [0.15, 0.2) is 48.0 Å². The monoisotopic (exact) mass is 464 g/mol. The Balaban J connectivity index is 1.55. The average molecular weight is 465 g/mol. The van der Waals surface area contributed by atoms with Gasteiger partial charge in [-0.05, 0) is 61.8 Å². The normalized spacial score (nSPS) is 21.8. The van der Waals surface area contributed by atoms with Gasteiger partial charge in [0.1, 0.15) is 11.5 Å². The molecule has 178 valence electrons. The molecule has 1 N–H and O–H groups in total. The van der Waals surface area contributed by atoms with E-state index in [2.05, 4.69) is 4.90 Å². The minimum Gasteiger partial charge on any atom is -0.507 e. The zero-order valence-corrected chi connectivity index (χ0v) is 19.2. The van der Waals surface area contributed by atoms with Crippen molar-refractivity contribution in [1.82, 2.24) is 9.80 Å². The molecule has 2 saturated heterocycles. The molecule has 1 unspecified atom stereocenters. The third-order valence-corrected chi connectivity index (χ3v) is 6.70. The number of ether oxygens (including phenoxy) is 3. The summed E-state index contributed by atoms with van der Waals surface area (Å²) in [6.07, 6.45) is 3.50. The summed E-state index contributed by atoms with van der Waals surface area (Å²) in [5.41, 5.74) is 1.17. The number of hydrogen-bond acceptors (Lipinski definition) is 7. The first-order chi connectivity index (χ1) is 16.6. The summed E-state index contributed by atoms with van der Waals surface area (Å²) in [4.78, 5) is 30.3. The van der Waals surface area contributed by atoms with Crippen molar-refractivity contribution in [3.63, 3.8) is 0 Å². The molecule has 2 aromatic rings. The van der Waals surface area contributed by atoms with Gasteiger partial charge in [0, 0.05) is 18.7 Å². The van der Waals surface area contributed by atoms with Crippen LogP contribution < -0.4 is 14.2 Å². The summed E-state index contributed by atoms with van der Waals surface area (Å²) < 4.78 is 16.2. The number of carbonyl (C=O) groups excluding carboxylic acids is 2. The molecule has 0 saturated carbocycles. The number of amides is 1. The Kier molecular flexibility index (Phi) is 6.15. The molecule has 5 rings (SSSR count). The Hall–Kier alpha value is -3.52. The molecule has 3 aliphatic heterocycles. The Bertz CT molecular complexity index is 1140. The fourth-order valence-corrected chi connectivity index (χ4v) is 4.90. The van der Waals surface area contributed by atoms with Crippen LogP contribution in [0, 0.1) is 0 Å². The number of Topliss-reactive ketones (excluding diaryl/α,β-unsaturated/α-hetero) is 1. The number of methoxy groups -OCH3 is 1. The van der Waals surface area contributed by atoms with Crippen LogP contribution in [-0.4, -0.2) is 66.7 Å². The van der Waals surface area contributed by atoms with E-state index >= 15 is 0 Å². The van der Waals surface area contributed by atoms with Gasteiger partial charge in [-0.2, -0.15) is 0 Å². The lowest BCUT2D eigenvalue weighted by Gasteiger charge is -2.31. The smallest absolute Gasteiger partial charge is 0.295 e. The van der Waals surface area contributed by atoms with Crippen molar-refractivity contribution in [1.29, 1.82) is 0 Å². The van der Waals surface area contributed by atoms with E-state index in [1.807, 2.05) is 12.1 Å². The van der Waals surface area contributed by atoms with Crippen LogP contribution >= 0.6 is 0 Å². The Morgan fingerprint density at radius 3 is 2.62 bits per heavy atom. The van der Waals surface area contributed by atoms with Gasteiger partial charge in [-0.3, -0.25) is 9.59 Å². The first-order valence-electron chi connectivity index (χ1n) is 11.6. The number of benzene rings is 2. The van der Waals surface area contributed by atoms with Crippen molar-refractivity contribution >= 4 is 17.4 Å². The van der Waals surface area contributed by atoms with Crippen molar-refractivity contribution in [3.05, 3.63) is 59.2 Å². The van der Waals surface area contributed by atoms with E-state index in [1.165, 1.54) is 6.42 Å². The van der Waals surface area contributed by atoms with Crippen molar-refractivity contribution in [3.8, 4) is 17.2 Å². The van der Waals surface area contributed by atoms with E-state index in [0.717, 1.165) is 25.9 Å². The number of fused-ring (bicyclic) bond motifs is 1. The number of likely N-dealkylation sites (tertiary alicyclic amines) is 2. The lowest BCUT2D eigenvalue weighted by Crippen LogP contribution is -2.39. The van der Waals surface area contributed by atoms with Gasteiger partial charge in [-0.1, -0.05) is 18.6 Å². The molecular formula is C26H28N2O6. The van der Waals surface area contributed by atoms with Gasteiger partial charge < -0.3 is 29.1 Å². The van der Waals surface area contributed by atoms with Gasteiger partial charge in [-0.15, -0.1) is 0 Å². The molecule has 2 aromatic carbocycles. The van der Waals surface area contributed by atoms with E-state index in [9.17, 15) is 14.7 Å². The molecule has 8 nitrogen and oxygen atoms in total. The topological polar surface area (TPSA) is 88.5 Å². The first-order valence-corrected chi connectivity index (χ1v) is 11.6. The number of hydrogen-bond donors (Lipinski definition) is 1. The minimum absolute atomic E-state index is 0.0655. The second-order valence-corrected chi connectivity index (χ2v) is 8.74. The fourth-order valence-electron chi connectivity index (χ4n) is 4.90. The molecule has 34 heavy (non-hydrogen) atoms. The maximum Gasteiger partial charge on any atom is 0.295 e. The second-order valence-electron chi connectivity index (χ2n) is 8.74. The molecule has 1 amide bonds. The predicted molar refractivity (Wildman–Crippen MR) is 125 cm³/mol. The SMILES string of the molecule is COc1cccc(C2/C(=C(\O)c3ccc4c(c3)OCO4)C(=O)C(=O)N2CCN2CCCCC2)c1. The highest BCUT2D eigenvalue weighted by molar-refractivity contribution is 6.46. The zero-order valence-electron chi connectivity index (χ0n) is 19.2. The third-order valence-electron chi connectivity index (χ3n) is 6.70. The molecule has 0 spiro atoms. The van der Waals surface area contributed by atoms with E-state index < -0.39 is 17.7 Å². The summed E-state index contributed by atoms with van der Waals surface area (Å²) in [6, 6.07) is 11.5. The molecule has 0 aromatic heterocycles. The van der Waals surface area contributed by atoms with Crippen molar-refractivity contribution in [2.75, 3.05) is 40.1 Å². The molecule has 0 bridgehead atoms. The molecule has 0 aliphatic carbocycles. The van der Waals surface area contributed by atoms with Crippen LogP contribution in [0.1, 0.15) is 36.4 Å². The van der Waals surface area contributed by atoms with Gasteiger partial charge >= 0.3 is 0 Å². The minimum atomic E-state index is -0.717. The number of carbonyl (C=O) groups is 2.